The molecule has 4 amide bonds. The molecule has 7 nitrogen and oxygen atoms in total. The molecule has 0 spiro atoms. The third kappa shape index (κ3) is 5.82. The molecule has 0 aliphatic carbocycles. The van der Waals surface area contributed by atoms with E-state index in [9.17, 15) is 14.4 Å². The fourth-order valence-electron chi connectivity index (χ4n) is 3.85. The number of carbonyl (C=O) groups excluding carboxylic acids is 3. The Morgan fingerprint density at radius 1 is 0.946 bits per heavy atom. The second kappa shape index (κ2) is 11.0. The van der Waals surface area contributed by atoms with E-state index in [0.717, 1.165) is 21.6 Å². The largest absolute Gasteiger partial charge is 0.493 e. The van der Waals surface area contributed by atoms with Gasteiger partial charge in [0.25, 0.3) is 11.8 Å². The quantitative estimate of drug-likeness (QED) is 0.253. The molecule has 3 aromatic carbocycles. The second-order valence-corrected chi connectivity index (χ2v) is 10.0. The molecule has 4 rings (SSSR count). The van der Waals surface area contributed by atoms with E-state index in [0.29, 0.717) is 37.3 Å². The maximum absolute atomic E-state index is 13.3. The molecule has 1 fully saturated rings. The molecule has 0 unspecified atom stereocenters. The van der Waals surface area contributed by atoms with Crippen molar-refractivity contribution in [2.24, 2.45) is 0 Å². The zero-order chi connectivity index (χ0) is 26.9. The predicted molar refractivity (Wildman–Crippen MR) is 146 cm³/mol. The number of nitrogens with zero attached hydrogens (tertiary/aromatic N) is 1. The van der Waals surface area contributed by atoms with Gasteiger partial charge in [0.1, 0.15) is 12.2 Å². The highest BCUT2D eigenvalue weighted by atomic mass is 79.9. The van der Waals surface area contributed by atoms with E-state index in [-0.39, 0.29) is 12.2 Å². The van der Waals surface area contributed by atoms with Crippen LogP contribution in [0.3, 0.4) is 0 Å². The van der Waals surface area contributed by atoms with Crippen LogP contribution in [0.5, 0.6) is 11.5 Å². The number of hydrogen-bond acceptors (Lipinski definition) is 5. The maximum Gasteiger partial charge on any atom is 0.335 e. The van der Waals surface area contributed by atoms with E-state index < -0.39 is 17.8 Å². The van der Waals surface area contributed by atoms with Crippen LogP contribution < -0.4 is 19.7 Å². The van der Waals surface area contributed by atoms with Crippen molar-refractivity contribution >= 4 is 68.7 Å². The molecule has 37 heavy (non-hydrogen) atoms. The Kier molecular flexibility index (Phi) is 7.92. The van der Waals surface area contributed by atoms with Gasteiger partial charge in [-0.1, -0.05) is 51.3 Å². The number of rotatable bonds is 6. The summed E-state index contributed by atoms with van der Waals surface area (Å²) in [6.45, 7) is 3.92. The number of carbonyl (C=O) groups is 3. The topological polar surface area (TPSA) is 84.9 Å². The third-order valence-corrected chi connectivity index (χ3v) is 6.95. The third-order valence-electron chi connectivity index (χ3n) is 5.53. The van der Waals surface area contributed by atoms with Gasteiger partial charge in [0.05, 0.1) is 22.8 Å². The van der Waals surface area contributed by atoms with Gasteiger partial charge in [0, 0.05) is 4.47 Å². The summed E-state index contributed by atoms with van der Waals surface area (Å²) >= 11 is 15.5. The van der Waals surface area contributed by atoms with Crippen LogP contribution in [0.4, 0.5) is 10.5 Å². The van der Waals surface area contributed by atoms with E-state index in [1.165, 1.54) is 13.2 Å². The first kappa shape index (κ1) is 26.7. The van der Waals surface area contributed by atoms with E-state index in [2.05, 4.69) is 21.2 Å². The molecular formula is C27H21BrCl2N2O5. The number of imide groups is 2. The van der Waals surface area contributed by atoms with Crippen LogP contribution in [-0.2, 0) is 16.2 Å². The second-order valence-electron chi connectivity index (χ2n) is 8.37. The van der Waals surface area contributed by atoms with Crippen molar-refractivity contribution < 1.29 is 23.9 Å². The Balaban J connectivity index is 1.65. The van der Waals surface area contributed by atoms with Gasteiger partial charge < -0.3 is 9.47 Å². The average molecular weight is 604 g/mol. The highest BCUT2D eigenvalue weighted by molar-refractivity contribution is 9.10. The number of amides is 4. The molecule has 0 atom stereocenters. The van der Waals surface area contributed by atoms with E-state index in [1.54, 1.807) is 42.5 Å². The smallest absolute Gasteiger partial charge is 0.335 e. The fourth-order valence-corrected chi connectivity index (χ4v) is 4.61. The van der Waals surface area contributed by atoms with Gasteiger partial charge in [-0.15, -0.1) is 0 Å². The molecule has 0 bridgehead atoms. The van der Waals surface area contributed by atoms with Crippen molar-refractivity contribution in [3.63, 3.8) is 0 Å². The molecule has 1 saturated heterocycles. The summed E-state index contributed by atoms with van der Waals surface area (Å²) in [7, 11) is 1.48. The van der Waals surface area contributed by atoms with Crippen LogP contribution in [-0.4, -0.2) is 25.0 Å². The normalized spacial score (nSPS) is 14.7. The van der Waals surface area contributed by atoms with Crippen LogP contribution >= 0.6 is 39.1 Å². The summed E-state index contributed by atoms with van der Waals surface area (Å²) in [5, 5.41) is 3.11. The number of anilines is 1. The molecule has 190 valence electrons. The lowest BCUT2D eigenvalue weighted by atomic mass is 10.0. The van der Waals surface area contributed by atoms with Crippen LogP contribution in [0, 0.1) is 13.8 Å². The minimum absolute atomic E-state index is 0.202. The summed E-state index contributed by atoms with van der Waals surface area (Å²) in [5.74, 6) is -0.721. The number of nitrogens with one attached hydrogen (secondary N) is 1. The number of halogens is 3. The van der Waals surface area contributed by atoms with Gasteiger partial charge in [-0.25, -0.2) is 9.69 Å². The summed E-state index contributed by atoms with van der Waals surface area (Å²) in [5.41, 5.74) is 3.21. The van der Waals surface area contributed by atoms with Crippen molar-refractivity contribution in [2.45, 2.75) is 20.5 Å². The zero-order valence-electron chi connectivity index (χ0n) is 20.0. The molecule has 3 aromatic rings. The van der Waals surface area contributed by atoms with Crippen molar-refractivity contribution in [1.29, 1.82) is 0 Å². The Morgan fingerprint density at radius 2 is 1.65 bits per heavy atom. The van der Waals surface area contributed by atoms with Gasteiger partial charge in [-0.05, 0) is 78.6 Å². The average Bonchev–Trinajstić information content (AvgIpc) is 2.82. The summed E-state index contributed by atoms with van der Waals surface area (Å²) in [6.07, 6.45) is 1.40. The Bertz CT molecular complexity index is 1450. The van der Waals surface area contributed by atoms with Crippen molar-refractivity contribution in [1.82, 2.24) is 5.32 Å². The molecule has 10 heteroatoms. The van der Waals surface area contributed by atoms with E-state index in [1.807, 2.05) is 19.9 Å². The molecular weight excluding hydrogens is 583 g/mol. The standard InChI is InChI=1S/C27H21BrCl2N2O5/c1-14-6-15(2)8-18(7-14)32-26(34)19(25(33)31-27(32)35)10-17-11-23(36-3)24(12-20(17)28)37-13-16-4-5-21(29)22(30)9-16/h4-12H,13H2,1-3H3,(H,31,33,35)/b19-10+. The number of methoxy groups -OCH3 is 1. The lowest BCUT2D eigenvalue weighted by Gasteiger charge is -2.27. The van der Waals surface area contributed by atoms with Crippen LogP contribution in [0.15, 0.2) is 58.6 Å². The molecule has 0 saturated carbocycles. The molecule has 0 radical (unpaired) electrons. The van der Waals surface area contributed by atoms with Crippen molar-refractivity contribution in [3.05, 3.63) is 90.9 Å². The van der Waals surface area contributed by atoms with Gasteiger partial charge in [-0.3, -0.25) is 14.9 Å². The summed E-state index contributed by atoms with van der Waals surface area (Å²) in [4.78, 5) is 39.4. The van der Waals surface area contributed by atoms with Crippen molar-refractivity contribution in [3.8, 4) is 11.5 Å². The van der Waals surface area contributed by atoms with E-state index >= 15 is 0 Å². The molecule has 1 heterocycles. The Hall–Kier alpha value is -3.33. The van der Waals surface area contributed by atoms with Crippen LogP contribution in [0.1, 0.15) is 22.3 Å². The first-order valence-corrected chi connectivity index (χ1v) is 12.6. The maximum atomic E-state index is 13.3. The zero-order valence-corrected chi connectivity index (χ0v) is 23.1. The number of benzene rings is 3. The summed E-state index contributed by atoms with van der Waals surface area (Å²) < 4.78 is 11.9. The number of aryl methyl sites for hydroxylation is 2. The first-order chi connectivity index (χ1) is 17.6. The summed E-state index contributed by atoms with van der Waals surface area (Å²) in [6, 6.07) is 13.0. The predicted octanol–water partition coefficient (Wildman–Crippen LogP) is 6.63. The minimum atomic E-state index is -0.806. The highest BCUT2D eigenvalue weighted by Crippen LogP contribution is 2.36. The Morgan fingerprint density at radius 3 is 2.30 bits per heavy atom. The number of hydrogen-bond donors (Lipinski definition) is 1. The highest BCUT2D eigenvalue weighted by Gasteiger charge is 2.37. The minimum Gasteiger partial charge on any atom is -0.493 e. The Labute approximate surface area is 232 Å². The molecule has 1 N–H and O–H groups in total. The number of urea groups is 1. The fraction of sp³-hybridized carbons (Fsp3) is 0.148. The first-order valence-electron chi connectivity index (χ1n) is 11.0. The number of ether oxygens (including phenoxy) is 2. The molecule has 1 aliphatic rings. The SMILES string of the molecule is COc1cc(/C=C2\C(=O)NC(=O)N(c3cc(C)cc(C)c3)C2=O)c(Br)cc1OCc1ccc(Cl)c(Cl)c1. The van der Waals surface area contributed by atoms with Crippen LogP contribution in [0.25, 0.3) is 6.08 Å². The van der Waals surface area contributed by atoms with Crippen molar-refractivity contribution in [2.75, 3.05) is 12.0 Å². The van der Waals surface area contributed by atoms with Gasteiger partial charge in [-0.2, -0.15) is 0 Å². The molecule has 1 aliphatic heterocycles. The monoisotopic (exact) mass is 602 g/mol. The van der Waals surface area contributed by atoms with Gasteiger partial charge in [0.15, 0.2) is 11.5 Å². The number of barbiturate groups is 1. The van der Waals surface area contributed by atoms with E-state index in [4.69, 9.17) is 32.7 Å². The van der Waals surface area contributed by atoms with Gasteiger partial charge in [0.2, 0.25) is 0 Å². The lowest BCUT2D eigenvalue weighted by molar-refractivity contribution is -0.122. The van der Waals surface area contributed by atoms with Gasteiger partial charge >= 0.3 is 6.03 Å². The lowest BCUT2D eigenvalue weighted by Crippen LogP contribution is -2.54. The molecule has 0 aromatic heterocycles. The van der Waals surface area contributed by atoms with Crippen LogP contribution in [0.2, 0.25) is 10.0 Å².